The first-order chi connectivity index (χ1) is 9.06. The van der Waals surface area contributed by atoms with Crippen molar-refractivity contribution in [3.05, 3.63) is 59.4 Å². The minimum Gasteiger partial charge on any atom is -0.423 e. The molecule has 0 atom stereocenters. The van der Waals surface area contributed by atoms with Gasteiger partial charge in [0.15, 0.2) is 0 Å². The molecule has 0 unspecified atom stereocenters. The van der Waals surface area contributed by atoms with Crippen LogP contribution in [0.1, 0.15) is 11.1 Å². The molecule has 0 aliphatic heterocycles. The van der Waals surface area contributed by atoms with Crippen molar-refractivity contribution in [2.45, 2.75) is 17.6 Å². The third-order valence-electron chi connectivity index (χ3n) is 2.79. The molecule has 5 heteroatoms. The fourth-order valence-corrected chi connectivity index (χ4v) is 2.52. The molecule has 0 bridgehead atoms. The molecule has 98 valence electrons. The van der Waals surface area contributed by atoms with Gasteiger partial charge in [-0.05, 0) is 36.1 Å². The Balaban J connectivity index is 2.05. The van der Waals surface area contributed by atoms with Gasteiger partial charge in [-0.1, -0.05) is 29.8 Å². The highest BCUT2D eigenvalue weighted by Gasteiger charge is 2.13. The number of aryl methyl sites for hydroxylation is 1. The van der Waals surface area contributed by atoms with Gasteiger partial charge in [0, 0.05) is 10.6 Å². The quantitative estimate of drug-likeness (QED) is 0.663. The van der Waals surface area contributed by atoms with E-state index in [-0.39, 0.29) is 5.46 Å². The van der Waals surface area contributed by atoms with Crippen molar-refractivity contribution in [2.75, 3.05) is 0 Å². The molecule has 0 heterocycles. The maximum Gasteiger partial charge on any atom is 0.488 e. The van der Waals surface area contributed by atoms with E-state index in [9.17, 15) is 4.39 Å². The highest BCUT2D eigenvalue weighted by molar-refractivity contribution is 7.98. The van der Waals surface area contributed by atoms with Gasteiger partial charge in [0.2, 0.25) is 0 Å². The van der Waals surface area contributed by atoms with Gasteiger partial charge in [-0.15, -0.1) is 11.8 Å². The Labute approximate surface area is 116 Å². The van der Waals surface area contributed by atoms with Crippen molar-refractivity contribution in [1.29, 1.82) is 0 Å². The van der Waals surface area contributed by atoms with Crippen molar-refractivity contribution in [2.24, 2.45) is 0 Å². The predicted octanol–water partition coefficient (Wildman–Crippen LogP) is 2.11. The maximum atomic E-state index is 13.7. The number of hydrogen-bond donors (Lipinski definition) is 2. The van der Waals surface area contributed by atoms with Gasteiger partial charge < -0.3 is 10.0 Å². The monoisotopic (exact) mass is 276 g/mol. The summed E-state index contributed by atoms with van der Waals surface area (Å²) in [5.41, 5.74) is 1.91. The molecular formula is C14H14BFO2S. The van der Waals surface area contributed by atoms with Crippen LogP contribution in [0.2, 0.25) is 0 Å². The van der Waals surface area contributed by atoms with Crippen LogP contribution < -0.4 is 5.46 Å². The zero-order valence-corrected chi connectivity index (χ0v) is 11.3. The van der Waals surface area contributed by atoms with Crippen LogP contribution in [0.4, 0.5) is 4.39 Å². The number of halogens is 1. The van der Waals surface area contributed by atoms with Crippen molar-refractivity contribution >= 4 is 24.3 Å². The smallest absolute Gasteiger partial charge is 0.423 e. The molecule has 0 aliphatic carbocycles. The summed E-state index contributed by atoms with van der Waals surface area (Å²) in [4.78, 5) is 1.08. The van der Waals surface area contributed by atoms with Crippen LogP contribution >= 0.6 is 11.8 Å². The van der Waals surface area contributed by atoms with Gasteiger partial charge in [0.1, 0.15) is 5.82 Å². The van der Waals surface area contributed by atoms with Crippen molar-refractivity contribution in [3.8, 4) is 0 Å². The van der Waals surface area contributed by atoms with Crippen LogP contribution in [0.15, 0.2) is 47.4 Å². The van der Waals surface area contributed by atoms with Crippen molar-refractivity contribution in [3.63, 3.8) is 0 Å². The molecule has 0 amide bonds. The summed E-state index contributed by atoms with van der Waals surface area (Å²) in [6.07, 6.45) is 0. The second-order valence-electron chi connectivity index (χ2n) is 4.33. The third-order valence-corrected chi connectivity index (χ3v) is 3.85. The molecule has 2 N–H and O–H groups in total. The molecule has 2 aromatic carbocycles. The Morgan fingerprint density at radius 2 is 1.79 bits per heavy atom. The first-order valence-corrected chi connectivity index (χ1v) is 6.89. The molecule has 0 fully saturated rings. The summed E-state index contributed by atoms with van der Waals surface area (Å²) < 4.78 is 13.7. The van der Waals surface area contributed by atoms with E-state index in [0.29, 0.717) is 11.3 Å². The molecule has 0 aromatic heterocycles. The van der Waals surface area contributed by atoms with Gasteiger partial charge in [0.05, 0.1) is 0 Å². The van der Waals surface area contributed by atoms with Crippen LogP contribution in [0.5, 0.6) is 0 Å². The largest absolute Gasteiger partial charge is 0.488 e. The van der Waals surface area contributed by atoms with Gasteiger partial charge in [-0.3, -0.25) is 0 Å². The van der Waals surface area contributed by atoms with Crippen LogP contribution in [0.3, 0.4) is 0 Å². The predicted molar refractivity (Wildman–Crippen MR) is 77.0 cm³/mol. The molecule has 2 rings (SSSR count). The SMILES string of the molecule is Cc1ccc(SCc2ccc(B(O)O)cc2F)cc1. The summed E-state index contributed by atoms with van der Waals surface area (Å²) in [6, 6.07) is 12.3. The van der Waals surface area contributed by atoms with E-state index in [1.165, 1.54) is 11.6 Å². The normalized spacial score (nSPS) is 10.5. The van der Waals surface area contributed by atoms with Gasteiger partial charge in [-0.2, -0.15) is 0 Å². The lowest BCUT2D eigenvalue weighted by Crippen LogP contribution is -2.30. The standard InChI is InChI=1S/C14H14BFO2S/c1-10-2-6-13(7-3-10)19-9-11-4-5-12(15(17)18)8-14(11)16/h2-8,17-18H,9H2,1H3. The number of rotatable bonds is 4. The van der Waals surface area contributed by atoms with Crippen molar-refractivity contribution < 1.29 is 14.4 Å². The molecule has 0 radical (unpaired) electrons. The van der Waals surface area contributed by atoms with E-state index in [1.807, 2.05) is 31.2 Å². The number of benzene rings is 2. The Morgan fingerprint density at radius 3 is 2.37 bits per heavy atom. The highest BCUT2D eigenvalue weighted by atomic mass is 32.2. The van der Waals surface area contributed by atoms with E-state index in [0.717, 1.165) is 11.0 Å². The average Bonchev–Trinajstić information content (AvgIpc) is 2.39. The van der Waals surface area contributed by atoms with Crippen LogP contribution in [-0.2, 0) is 5.75 Å². The van der Waals surface area contributed by atoms with E-state index in [2.05, 4.69) is 0 Å². The summed E-state index contributed by atoms with van der Waals surface area (Å²) in [5.74, 6) is 0.0988. The zero-order chi connectivity index (χ0) is 13.8. The summed E-state index contributed by atoms with van der Waals surface area (Å²) in [5, 5.41) is 17.9. The Kier molecular flexibility index (Phi) is 4.63. The minimum absolute atomic E-state index is 0.168. The topological polar surface area (TPSA) is 40.5 Å². The van der Waals surface area contributed by atoms with Gasteiger partial charge in [0.25, 0.3) is 0 Å². The highest BCUT2D eigenvalue weighted by Crippen LogP contribution is 2.23. The first-order valence-electron chi connectivity index (χ1n) is 5.90. The van der Waals surface area contributed by atoms with E-state index in [4.69, 9.17) is 10.0 Å². The van der Waals surface area contributed by atoms with Crippen LogP contribution in [0, 0.1) is 12.7 Å². The summed E-state index contributed by atoms with van der Waals surface area (Å²) >= 11 is 1.55. The summed E-state index contributed by atoms with van der Waals surface area (Å²) in [6.45, 7) is 2.02. The van der Waals surface area contributed by atoms with Gasteiger partial charge >= 0.3 is 7.12 Å². The average molecular weight is 276 g/mol. The fraction of sp³-hybridized carbons (Fsp3) is 0.143. The Morgan fingerprint density at radius 1 is 1.11 bits per heavy atom. The summed E-state index contributed by atoms with van der Waals surface area (Å²) in [7, 11) is -1.63. The molecule has 0 saturated heterocycles. The van der Waals surface area contributed by atoms with Crippen LogP contribution in [0.25, 0.3) is 0 Å². The van der Waals surface area contributed by atoms with Crippen LogP contribution in [-0.4, -0.2) is 17.2 Å². The lowest BCUT2D eigenvalue weighted by molar-refractivity contribution is 0.425. The van der Waals surface area contributed by atoms with E-state index in [1.54, 1.807) is 17.8 Å². The van der Waals surface area contributed by atoms with Gasteiger partial charge in [-0.25, -0.2) is 4.39 Å². The lowest BCUT2D eigenvalue weighted by atomic mass is 9.80. The number of hydrogen-bond acceptors (Lipinski definition) is 3. The van der Waals surface area contributed by atoms with E-state index < -0.39 is 12.9 Å². The molecule has 0 saturated carbocycles. The molecule has 0 spiro atoms. The molecule has 19 heavy (non-hydrogen) atoms. The zero-order valence-electron chi connectivity index (χ0n) is 10.5. The molecule has 2 aromatic rings. The second-order valence-corrected chi connectivity index (χ2v) is 5.37. The third kappa shape index (κ3) is 3.83. The molecule has 2 nitrogen and oxygen atoms in total. The van der Waals surface area contributed by atoms with E-state index >= 15 is 0 Å². The minimum atomic E-state index is -1.63. The van der Waals surface area contributed by atoms with Crippen molar-refractivity contribution in [1.82, 2.24) is 0 Å². The number of thioether (sulfide) groups is 1. The lowest BCUT2D eigenvalue weighted by Gasteiger charge is -2.06. The molecular weight excluding hydrogens is 262 g/mol. The Bertz CT molecular complexity index is 558. The second kappa shape index (κ2) is 6.24. The maximum absolute atomic E-state index is 13.7. The Hall–Kier alpha value is -1.30. The first kappa shape index (κ1) is 14.1. The molecule has 0 aliphatic rings. The fourth-order valence-electron chi connectivity index (χ4n) is 1.64.